The van der Waals surface area contributed by atoms with Crippen molar-refractivity contribution in [1.29, 1.82) is 0 Å². The quantitative estimate of drug-likeness (QED) is 0.512. The van der Waals surface area contributed by atoms with E-state index in [2.05, 4.69) is 9.97 Å². The largest absolute Gasteiger partial charge is 0.252 e. The lowest BCUT2D eigenvalue weighted by Crippen LogP contribution is -2.08. The first-order valence-corrected chi connectivity index (χ1v) is 11.2. The second-order valence-electron chi connectivity index (χ2n) is 5.95. The van der Waals surface area contributed by atoms with Gasteiger partial charge in [-0.3, -0.25) is 9.97 Å². The molecule has 0 atom stereocenters. The number of rotatable bonds is 4. The number of hydrogen-bond donors (Lipinski definition) is 0. The second kappa shape index (κ2) is 6.81. The topological polar surface area (TPSA) is 94.1 Å². The molecule has 1 aromatic heterocycles. The van der Waals surface area contributed by atoms with Gasteiger partial charge in [-0.25, -0.2) is 16.8 Å². The number of fused-ring (bicyclic) bond motifs is 1. The van der Waals surface area contributed by atoms with Gasteiger partial charge in [-0.2, -0.15) is 0 Å². The first-order valence-electron chi connectivity index (χ1n) is 8.26. The van der Waals surface area contributed by atoms with Crippen LogP contribution in [-0.4, -0.2) is 26.8 Å². The molecule has 28 heavy (non-hydrogen) atoms. The van der Waals surface area contributed by atoms with Gasteiger partial charge in [0.25, 0.3) is 0 Å². The summed E-state index contributed by atoms with van der Waals surface area (Å²) in [5, 5.41) is 0. The maximum Gasteiger partial charge on any atom is 0.208 e. The van der Waals surface area contributed by atoms with Crippen LogP contribution in [0, 0.1) is 0 Å². The summed E-state index contributed by atoms with van der Waals surface area (Å²) in [4.78, 5) is 8.29. The van der Waals surface area contributed by atoms with E-state index in [0.717, 1.165) is 0 Å². The van der Waals surface area contributed by atoms with E-state index in [9.17, 15) is 16.8 Å². The molecule has 0 saturated heterocycles. The van der Waals surface area contributed by atoms with Crippen molar-refractivity contribution in [3.8, 4) is 0 Å². The lowest BCUT2D eigenvalue weighted by molar-refractivity contribution is 0.593. The summed E-state index contributed by atoms with van der Waals surface area (Å²) in [5.74, 6) is 0. The summed E-state index contributed by atoms with van der Waals surface area (Å²) in [5.41, 5.74) is 0.0340. The smallest absolute Gasteiger partial charge is 0.208 e. The molecule has 8 heteroatoms. The molecule has 0 radical (unpaired) electrons. The van der Waals surface area contributed by atoms with Crippen LogP contribution in [0.15, 0.2) is 105 Å². The predicted molar refractivity (Wildman–Crippen MR) is 103 cm³/mol. The van der Waals surface area contributed by atoms with Crippen molar-refractivity contribution in [2.45, 2.75) is 19.6 Å². The maximum absolute atomic E-state index is 13.1. The van der Waals surface area contributed by atoms with Gasteiger partial charge >= 0.3 is 0 Å². The Balaban J connectivity index is 2.00. The number of sulfone groups is 2. The third-order valence-corrected chi connectivity index (χ3v) is 7.84. The Kier molecular flexibility index (Phi) is 4.44. The summed E-state index contributed by atoms with van der Waals surface area (Å²) in [6.45, 7) is 0. The zero-order valence-corrected chi connectivity index (χ0v) is 16.1. The molecule has 4 aromatic rings. The molecular weight excluding hydrogens is 396 g/mol. The normalized spacial score (nSPS) is 12.1. The maximum atomic E-state index is 13.1. The van der Waals surface area contributed by atoms with Gasteiger partial charge in [0.2, 0.25) is 19.7 Å². The molecule has 0 aliphatic heterocycles. The van der Waals surface area contributed by atoms with E-state index >= 15 is 0 Å². The van der Waals surface area contributed by atoms with E-state index in [0.29, 0.717) is 0 Å². The molecule has 1 heterocycles. The van der Waals surface area contributed by atoms with Crippen molar-refractivity contribution in [2.24, 2.45) is 0 Å². The zero-order valence-electron chi connectivity index (χ0n) is 14.4. The standard InChI is InChI=1S/C20H14N2O4S2/c23-27(24,15-7-3-1-4-8-15)17-11-12-18(20-19(17)21-13-14-22-20)28(25,26)16-9-5-2-6-10-16/h1-14H. The highest BCUT2D eigenvalue weighted by Gasteiger charge is 2.27. The predicted octanol–water partition coefficient (Wildman–Crippen LogP) is 3.30. The minimum atomic E-state index is -3.89. The van der Waals surface area contributed by atoms with E-state index < -0.39 is 19.7 Å². The number of nitrogens with zero attached hydrogens (tertiary/aromatic N) is 2. The molecule has 3 aromatic carbocycles. The minimum Gasteiger partial charge on any atom is -0.252 e. The van der Waals surface area contributed by atoms with Gasteiger partial charge in [0.1, 0.15) is 11.0 Å². The summed E-state index contributed by atoms with van der Waals surface area (Å²) < 4.78 is 52.2. The van der Waals surface area contributed by atoms with E-state index in [-0.39, 0.29) is 30.6 Å². The van der Waals surface area contributed by atoms with Crippen molar-refractivity contribution in [1.82, 2.24) is 9.97 Å². The minimum absolute atomic E-state index is 0.0170. The first-order chi connectivity index (χ1) is 13.4. The van der Waals surface area contributed by atoms with Gasteiger partial charge in [0.05, 0.1) is 19.6 Å². The molecule has 0 fully saturated rings. The first kappa shape index (κ1) is 18.3. The molecule has 0 spiro atoms. The van der Waals surface area contributed by atoms with Gasteiger partial charge in [0.15, 0.2) is 0 Å². The number of benzene rings is 3. The van der Waals surface area contributed by atoms with Crippen LogP contribution in [0.1, 0.15) is 0 Å². The molecule has 4 rings (SSSR count). The molecule has 0 aliphatic rings. The van der Waals surface area contributed by atoms with Crippen LogP contribution >= 0.6 is 0 Å². The monoisotopic (exact) mass is 410 g/mol. The van der Waals surface area contributed by atoms with Crippen LogP contribution in [0.5, 0.6) is 0 Å². The Bertz CT molecular complexity index is 1260. The van der Waals surface area contributed by atoms with Gasteiger partial charge in [0, 0.05) is 12.4 Å². The SMILES string of the molecule is O=S(=O)(c1ccccc1)c1ccc(S(=O)(=O)c2ccccc2)c2nccnc12. The zero-order chi connectivity index (χ0) is 19.8. The van der Waals surface area contributed by atoms with Crippen LogP contribution in [0.25, 0.3) is 11.0 Å². The highest BCUT2D eigenvalue weighted by atomic mass is 32.2. The molecule has 6 nitrogen and oxygen atoms in total. The Morgan fingerprint density at radius 2 is 0.857 bits per heavy atom. The van der Waals surface area contributed by atoms with Crippen molar-refractivity contribution in [3.63, 3.8) is 0 Å². The average Bonchev–Trinajstić information content (AvgIpc) is 2.74. The summed E-state index contributed by atoms with van der Waals surface area (Å²) >= 11 is 0. The van der Waals surface area contributed by atoms with Crippen molar-refractivity contribution in [2.75, 3.05) is 0 Å². The van der Waals surface area contributed by atoms with Crippen LogP contribution in [0.3, 0.4) is 0 Å². The molecule has 0 unspecified atom stereocenters. The van der Waals surface area contributed by atoms with Crippen molar-refractivity contribution >= 4 is 30.7 Å². The summed E-state index contributed by atoms with van der Waals surface area (Å²) in [6, 6.07) is 18.4. The molecule has 0 saturated carbocycles. The van der Waals surface area contributed by atoms with Crippen LogP contribution in [0.2, 0.25) is 0 Å². The highest BCUT2D eigenvalue weighted by Crippen LogP contribution is 2.32. The van der Waals surface area contributed by atoms with E-state index in [1.807, 2.05) is 0 Å². The van der Waals surface area contributed by atoms with Gasteiger partial charge in [-0.05, 0) is 36.4 Å². The van der Waals surface area contributed by atoms with E-state index in [4.69, 9.17) is 0 Å². The third kappa shape index (κ3) is 2.96. The fourth-order valence-electron chi connectivity index (χ4n) is 2.89. The average molecular weight is 410 g/mol. The van der Waals surface area contributed by atoms with Crippen molar-refractivity contribution in [3.05, 3.63) is 85.2 Å². The fraction of sp³-hybridized carbons (Fsp3) is 0. The summed E-state index contributed by atoms with van der Waals surface area (Å²) in [6.07, 6.45) is 2.68. The molecule has 0 bridgehead atoms. The van der Waals surface area contributed by atoms with Gasteiger partial charge in [-0.1, -0.05) is 36.4 Å². The van der Waals surface area contributed by atoms with Crippen LogP contribution < -0.4 is 0 Å². The van der Waals surface area contributed by atoms with Crippen LogP contribution in [0.4, 0.5) is 0 Å². The molecule has 140 valence electrons. The lowest BCUT2D eigenvalue weighted by atomic mass is 10.3. The molecule has 0 amide bonds. The Morgan fingerprint density at radius 3 is 1.21 bits per heavy atom. The van der Waals surface area contributed by atoms with Crippen LogP contribution in [-0.2, 0) is 19.7 Å². The molecular formula is C20H14N2O4S2. The summed E-state index contributed by atoms with van der Waals surface area (Å²) in [7, 11) is -7.78. The molecule has 0 aliphatic carbocycles. The van der Waals surface area contributed by atoms with E-state index in [1.165, 1.54) is 48.8 Å². The van der Waals surface area contributed by atoms with E-state index in [1.54, 1.807) is 36.4 Å². The Labute approximate surface area is 162 Å². The third-order valence-electron chi connectivity index (χ3n) is 4.24. The second-order valence-corrected chi connectivity index (χ2v) is 9.78. The van der Waals surface area contributed by atoms with Crippen molar-refractivity contribution < 1.29 is 16.8 Å². The highest BCUT2D eigenvalue weighted by molar-refractivity contribution is 7.92. The molecule has 0 N–H and O–H groups in total. The number of hydrogen-bond acceptors (Lipinski definition) is 6. The van der Waals surface area contributed by atoms with Gasteiger partial charge in [-0.15, -0.1) is 0 Å². The fourth-order valence-corrected chi connectivity index (χ4v) is 5.74. The Hall–Kier alpha value is -3.10. The Morgan fingerprint density at radius 1 is 0.500 bits per heavy atom. The lowest BCUT2D eigenvalue weighted by Gasteiger charge is -2.11. The number of aromatic nitrogens is 2. The van der Waals surface area contributed by atoms with Gasteiger partial charge < -0.3 is 0 Å².